The number of carbonyl (C=O) groups excluding carboxylic acids is 1. The maximum absolute atomic E-state index is 11.8. The molecule has 1 amide bonds. The van der Waals surface area contributed by atoms with Gasteiger partial charge in [0.15, 0.2) is 0 Å². The third-order valence-corrected chi connectivity index (χ3v) is 4.68. The summed E-state index contributed by atoms with van der Waals surface area (Å²) < 4.78 is 1.19. The van der Waals surface area contributed by atoms with Gasteiger partial charge in [-0.1, -0.05) is 37.8 Å². The molecular weight excluding hydrogens is 272 g/mol. The lowest BCUT2D eigenvalue weighted by Crippen LogP contribution is -2.49. The first-order valence-electron chi connectivity index (χ1n) is 8.22. The Kier molecular flexibility index (Phi) is 7.60. The number of benzene rings is 1. The molecule has 0 spiro atoms. The van der Waals surface area contributed by atoms with Crippen molar-refractivity contribution >= 4 is 5.91 Å². The zero-order valence-corrected chi connectivity index (χ0v) is 13.6. The zero-order valence-electron chi connectivity index (χ0n) is 13.6. The van der Waals surface area contributed by atoms with Crippen LogP contribution in [0.3, 0.4) is 0 Å². The van der Waals surface area contributed by atoms with Crippen molar-refractivity contribution in [2.75, 3.05) is 33.2 Å². The van der Waals surface area contributed by atoms with E-state index in [1.807, 2.05) is 23.1 Å². The highest BCUT2D eigenvalue weighted by atomic mass is 16.2. The molecule has 1 aliphatic heterocycles. The number of piperidine rings is 1. The molecule has 124 valence electrons. The summed E-state index contributed by atoms with van der Waals surface area (Å²) in [6.07, 6.45) is 5.21. The fraction of sp³-hybridized carbons (Fsp3) is 0.632. The summed E-state index contributed by atoms with van der Waals surface area (Å²) in [5.41, 5.74) is 1.21. The molecule has 1 saturated heterocycles. The first kappa shape index (κ1) is 18.7. The van der Waals surface area contributed by atoms with Crippen molar-refractivity contribution in [3.8, 4) is 0 Å². The quantitative estimate of drug-likeness (QED) is 0.734. The molecule has 1 aromatic rings. The summed E-state index contributed by atoms with van der Waals surface area (Å²) in [5.74, 6) is 0.181. The van der Waals surface area contributed by atoms with E-state index in [9.17, 15) is 4.79 Å². The fourth-order valence-corrected chi connectivity index (χ4v) is 3.29. The number of nitrogens with zero attached hydrogens (tertiary/aromatic N) is 2. The van der Waals surface area contributed by atoms with Gasteiger partial charge < -0.3 is 9.38 Å². The third-order valence-electron chi connectivity index (χ3n) is 4.68. The summed E-state index contributed by atoms with van der Waals surface area (Å²) in [5, 5.41) is 0. The average Bonchev–Trinajstić information content (AvgIpc) is 2.48. The number of likely N-dealkylation sites (tertiary alicyclic amines) is 1. The predicted octanol–water partition coefficient (Wildman–Crippen LogP) is 3.69. The van der Waals surface area contributed by atoms with Gasteiger partial charge in [-0.05, 0) is 24.8 Å². The second kappa shape index (κ2) is 8.94. The van der Waals surface area contributed by atoms with E-state index in [1.165, 1.54) is 48.9 Å². The molecular formula is C19H33N2O+. The Bertz CT molecular complexity index is 438. The lowest BCUT2D eigenvalue weighted by molar-refractivity contribution is -0.914. The Morgan fingerprint density at radius 3 is 2.36 bits per heavy atom. The highest BCUT2D eigenvalue weighted by Gasteiger charge is 2.24. The number of hydrogen-bond donors (Lipinski definition) is 0. The van der Waals surface area contributed by atoms with Crippen LogP contribution < -0.4 is 0 Å². The van der Waals surface area contributed by atoms with Gasteiger partial charge >= 0.3 is 0 Å². The van der Waals surface area contributed by atoms with Gasteiger partial charge in [-0.3, -0.25) is 4.79 Å². The highest BCUT2D eigenvalue weighted by molar-refractivity contribution is 5.73. The second-order valence-electron chi connectivity index (χ2n) is 6.63. The Hall–Kier alpha value is -1.35. The standard InChI is InChI=1S/C18H29N2O.CH4/c1-17(21)19(16-18-10-5-3-6-11-18)12-9-15-20(2)13-7-4-8-14-20;/h3,5-6,10-11H,4,7-9,12-16H2,1-2H3;1H4/q+1;. The predicted molar refractivity (Wildman–Crippen MR) is 93.5 cm³/mol. The maximum atomic E-state index is 11.8. The Morgan fingerprint density at radius 1 is 1.14 bits per heavy atom. The van der Waals surface area contributed by atoms with Crippen molar-refractivity contribution in [3.63, 3.8) is 0 Å². The number of carbonyl (C=O) groups is 1. The van der Waals surface area contributed by atoms with Crippen LogP contribution in [0.1, 0.15) is 45.6 Å². The summed E-state index contributed by atoms with van der Waals surface area (Å²) in [6.45, 7) is 7.09. The normalized spacial score (nSPS) is 16.6. The van der Waals surface area contributed by atoms with E-state index >= 15 is 0 Å². The number of rotatable bonds is 6. The first-order valence-corrected chi connectivity index (χ1v) is 8.22. The number of hydrogen-bond acceptors (Lipinski definition) is 1. The van der Waals surface area contributed by atoms with Crippen LogP contribution in [0.5, 0.6) is 0 Å². The minimum atomic E-state index is 0. The summed E-state index contributed by atoms with van der Waals surface area (Å²) in [7, 11) is 2.37. The van der Waals surface area contributed by atoms with Gasteiger partial charge in [0.1, 0.15) is 0 Å². The van der Waals surface area contributed by atoms with Gasteiger partial charge in [-0.2, -0.15) is 0 Å². The zero-order chi connectivity index (χ0) is 15.1. The van der Waals surface area contributed by atoms with Crippen molar-refractivity contribution in [1.29, 1.82) is 0 Å². The van der Waals surface area contributed by atoms with E-state index in [4.69, 9.17) is 0 Å². The molecule has 1 heterocycles. The fourth-order valence-electron chi connectivity index (χ4n) is 3.29. The molecule has 0 saturated carbocycles. The largest absolute Gasteiger partial charge is 0.338 e. The molecule has 3 heteroatoms. The molecule has 0 aliphatic carbocycles. The summed E-state index contributed by atoms with van der Waals surface area (Å²) in [6, 6.07) is 10.3. The number of amides is 1. The maximum Gasteiger partial charge on any atom is 0.219 e. The van der Waals surface area contributed by atoms with Crippen LogP contribution in [-0.4, -0.2) is 48.5 Å². The molecule has 0 aromatic heterocycles. The SMILES string of the molecule is C.CC(=O)N(CCC[N+]1(C)CCCCC1)Cc1ccccc1. The van der Waals surface area contributed by atoms with Gasteiger partial charge in [0.2, 0.25) is 5.91 Å². The van der Waals surface area contributed by atoms with Gasteiger partial charge in [0.25, 0.3) is 0 Å². The molecule has 1 aromatic carbocycles. The van der Waals surface area contributed by atoms with Crippen LogP contribution in [0.2, 0.25) is 0 Å². The first-order chi connectivity index (χ1) is 10.1. The van der Waals surface area contributed by atoms with Crippen molar-refractivity contribution in [2.45, 2.75) is 46.6 Å². The van der Waals surface area contributed by atoms with E-state index in [-0.39, 0.29) is 13.3 Å². The van der Waals surface area contributed by atoms with Crippen LogP contribution in [-0.2, 0) is 11.3 Å². The highest BCUT2D eigenvalue weighted by Crippen LogP contribution is 2.17. The van der Waals surface area contributed by atoms with Gasteiger partial charge in [-0.25, -0.2) is 0 Å². The number of quaternary nitrogens is 1. The monoisotopic (exact) mass is 305 g/mol. The van der Waals surface area contributed by atoms with Crippen LogP contribution in [0.4, 0.5) is 0 Å². The van der Waals surface area contributed by atoms with Crippen LogP contribution in [0, 0.1) is 0 Å². The lowest BCUT2D eigenvalue weighted by atomic mass is 10.1. The second-order valence-corrected chi connectivity index (χ2v) is 6.63. The molecule has 0 N–H and O–H groups in total. The van der Waals surface area contributed by atoms with E-state index in [0.29, 0.717) is 0 Å². The molecule has 3 nitrogen and oxygen atoms in total. The van der Waals surface area contributed by atoms with E-state index in [0.717, 1.165) is 19.5 Å². The van der Waals surface area contributed by atoms with Crippen LogP contribution in [0.25, 0.3) is 0 Å². The Balaban J connectivity index is 0.00000242. The molecule has 1 fully saturated rings. The van der Waals surface area contributed by atoms with Crippen molar-refractivity contribution in [2.24, 2.45) is 0 Å². The van der Waals surface area contributed by atoms with Crippen molar-refractivity contribution in [1.82, 2.24) is 4.90 Å². The molecule has 2 rings (SSSR count). The van der Waals surface area contributed by atoms with Crippen molar-refractivity contribution in [3.05, 3.63) is 35.9 Å². The molecule has 0 bridgehead atoms. The van der Waals surface area contributed by atoms with Gasteiger partial charge in [-0.15, -0.1) is 0 Å². The molecule has 0 radical (unpaired) electrons. The van der Waals surface area contributed by atoms with E-state index in [2.05, 4.69) is 19.2 Å². The van der Waals surface area contributed by atoms with E-state index < -0.39 is 0 Å². The van der Waals surface area contributed by atoms with Crippen molar-refractivity contribution < 1.29 is 9.28 Å². The molecule has 0 unspecified atom stereocenters. The van der Waals surface area contributed by atoms with Crippen LogP contribution >= 0.6 is 0 Å². The summed E-state index contributed by atoms with van der Waals surface area (Å²) >= 11 is 0. The molecule has 22 heavy (non-hydrogen) atoms. The van der Waals surface area contributed by atoms with E-state index in [1.54, 1.807) is 6.92 Å². The summed E-state index contributed by atoms with van der Waals surface area (Å²) in [4.78, 5) is 13.8. The average molecular weight is 305 g/mol. The smallest absolute Gasteiger partial charge is 0.219 e. The van der Waals surface area contributed by atoms with Crippen LogP contribution in [0.15, 0.2) is 30.3 Å². The van der Waals surface area contributed by atoms with Gasteiger partial charge in [0, 0.05) is 26.4 Å². The lowest BCUT2D eigenvalue weighted by Gasteiger charge is -2.38. The van der Waals surface area contributed by atoms with Gasteiger partial charge in [0.05, 0.1) is 26.7 Å². The third kappa shape index (κ3) is 5.80. The minimum Gasteiger partial charge on any atom is -0.338 e. The molecule has 1 aliphatic rings. The Labute approximate surface area is 136 Å². The Morgan fingerprint density at radius 2 is 1.77 bits per heavy atom. The molecule has 0 atom stereocenters. The topological polar surface area (TPSA) is 20.3 Å². The minimum absolute atomic E-state index is 0.